The van der Waals surface area contributed by atoms with E-state index in [2.05, 4.69) is 31.2 Å². The number of hydrogen-bond acceptors (Lipinski definition) is 4. The van der Waals surface area contributed by atoms with Crippen LogP contribution in [-0.2, 0) is 5.41 Å². The zero-order valence-corrected chi connectivity index (χ0v) is 26.1. The first kappa shape index (κ1) is 36.4. The predicted octanol–water partition coefficient (Wildman–Crippen LogP) is 10.1. The average molecular weight is 656 g/mol. The van der Waals surface area contributed by atoms with Gasteiger partial charge in [-0.3, -0.25) is 0 Å². The predicted molar refractivity (Wildman–Crippen MR) is 175 cm³/mol. The van der Waals surface area contributed by atoms with Crippen molar-refractivity contribution in [3.05, 3.63) is 133 Å². The van der Waals surface area contributed by atoms with Crippen molar-refractivity contribution in [2.24, 2.45) is 0 Å². The lowest BCUT2D eigenvalue weighted by Crippen LogP contribution is -2.55. The molecule has 3 aromatic carbocycles. The minimum atomic E-state index is -5.87. The van der Waals surface area contributed by atoms with Gasteiger partial charge >= 0.3 is 12.4 Å². The van der Waals surface area contributed by atoms with Gasteiger partial charge in [0.2, 0.25) is 11.1 Å². The number of para-hydroxylation sites is 1. The van der Waals surface area contributed by atoms with Gasteiger partial charge in [-0.15, -0.1) is 26.3 Å². The number of hydrogen-bond donors (Lipinski definition) is 0. The molecular formula is C36H35F6N3O2. The van der Waals surface area contributed by atoms with Crippen molar-refractivity contribution in [1.29, 1.82) is 0 Å². The van der Waals surface area contributed by atoms with Crippen LogP contribution >= 0.6 is 0 Å². The average Bonchev–Trinajstić information content (AvgIpc) is 3.00. The Kier molecular flexibility index (Phi) is 11.6. The standard InChI is InChI=1S/C36H35F6N3O2/c1-8-19-44(20-9-2)28-23-26(15-17-30(28)46-7)34(35(37,38)39,36(40,41)42)27-16-18-31(29(24-27)45(21-10-3)22-11-4)47-32-14-12-13-25(5)33(32)43-6/h8-18,23-24H,1-4,19-22H2,5,7H3. The van der Waals surface area contributed by atoms with Crippen molar-refractivity contribution in [1.82, 2.24) is 0 Å². The minimum absolute atomic E-state index is 0.00564. The lowest BCUT2D eigenvalue weighted by atomic mass is 9.72. The Bertz CT molecular complexity index is 1620. The molecule has 0 spiro atoms. The molecule has 11 heteroatoms. The highest BCUT2D eigenvalue weighted by Gasteiger charge is 2.72. The van der Waals surface area contributed by atoms with Crippen molar-refractivity contribution >= 4 is 17.1 Å². The SMILES string of the molecule is [C-]#[N+]c1c(C)cccc1Oc1ccc(C(c2ccc(OC)c(N(CC=C)CC=C)c2)(C(F)(F)F)C(F)(F)F)cc1N(CC=C)CC=C. The molecule has 248 valence electrons. The van der Waals surface area contributed by atoms with Crippen molar-refractivity contribution in [3.8, 4) is 17.2 Å². The Morgan fingerprint density at radius 3 is 1.55 bits per heavy atom. The Morgan fingerprint density at radius 2 is 1.15 bits per heavy atom. The van der Waals surface area contributed by atoms with Gasteiger partial charge in [0.15, 0.2) is 0 Å². The number of alkyl halides is 6. The van der Waals surface area contributed by atoms with Crippen LogP contribution in [0.3, 0.4) is 0 Å². The van der Waals surface area contributed by atoms with Crippen LogP contribution in [-0.4, -0.2) is 45.6 Å². The van der Waals surface area contributed by atoms with Gasteiger partial charge in [-0.2, -0.15) is 26.3 Å². The van der Waals surface area contributed by atoms with Gasteiger partial charge < -0.3 is 19.3 Å². The molecule has 3 aromatic rings. The maximum Gasteiger partial charge on any atom is 0.411 e. The number of nitrogens with zero attached hydrogens (tertiary/aromatic N) is 3. The Morgan fingerprint density at radius 1 is 0.702 bits per heavy atom. The summed E-state index contributed by atoms with van der Waals surface area (Å²) in [4.78, 5) is 6.46. The zero-order chi connectivity index (χ0) is 35.0. The molecule has 5 nitrogen and oxygen atoms in total. The molecule has 0 unspecified atom stereocenters. The maximum absolute atomic E-state index is 15.4. The highest BCUT2D eigenvalue weighted by molar-refractivity contribution is 5.69. The minimum Gasteiger partial charge on any atom is -0.495 e. The van der Waals surface area contributed by atoms with Gasteiger partial charge in [-0.05, 0) is 53.9 Å². The lowest BCUT2D eigenvalue weighted by Gasteiger charge is -2.39. The molecule has 47 heavy (non-hydrogen) atoms. The number of halogens is 6. The lowest BCUT2D eigenvalue weighted by molar-refractivity contribution is -0.288. The second kappa shape index (κ2) is 15.0. The van der Waals surface area contributed by atoms with Crippen molar-refractivity contribution in [3.63, 3.8) is 0 Å². The molecule has 3 rings (SSSR count). The summed E-state index contributed by atoms with van der Waals surface area (Å²) >= 11 is 0. The number of aryl methyl sites for hydroxylation is 1. The zero-order valence-electron chi connectivity index (χ0n) is 26.1. The Hall–Kier alpha value is -5.11. The molecule has 0 N–H and O–H groups in total. The number of ether oxygens (including phenoxy) is 2. The second-order valence-electron chi connectivity index (χ2n) is 10.4. The van der Waals surface area contributed by atoms with Crippen LogP contribution < -0.4 is 19.3 Å². The molecular weight excluding hydrogens is 620 g/mol. The Labute approximate surface area is 271 Å². The number of benzene rings is 3. The molecule has 0 aliphatic rings. The van der Waals surface area contributed by atoms with E-state index in [-0.39, 0.29) is 60.5 Å². The summed E-state index contributed by atoms with van der Waals surface area (Å²) in [6, 6.07) is 10.1. The number of methoxy groups -OCH3 is 1. The van der Waals surface area contributed by atoms with E-state index in [1.165, 1.54) is 47.3 Å². The van der Waals surface area contributed by atoms with E-state index in [4.69, 9.17) is 16.0 Å². The summed E-state index contributed by atoms with van der Waals surface area (Å²) in [6.45, 7) is 24.2. The van der Waals surface area contributed by atoms with Gasteiger partial charge in [-0.1, -0.05) is 48.6 Å². The van der Waals surface area contributed by atoms with Gasteiger partial charge in [0, 0.05) is 26.2 Å². The second-order valence-corrected chi connectivity index (χ2v) is 10.4. The molecule has 0 heterocycles. The molecule has 0 amide bonds. The molecule has 0 saturated carbocycles. The van der Waals surface area contributed by atoms with Crippen LogP contribution in [0, 0.1) is 13.5 Å². The maximum atomic E-state index is 15.4. The van der Waals surface area contributed by atoms with Gasteiger partial charge in [0.25, 0.3) is 0 Å². The van der Waals surface area contributed by atoms with Crippen molar-refractivity contribution in [2.75, 3.05) is 43.1 Å². The van der Waals surface area contributed by atoms with Crippen LogP contribution in [0.15, 0.2) is 105 Å². The van der Waals surface area contributed by atoms with Crippen molar-refractivity contribution < 1.29 is 35.8 Å². The topological polar surface area (TPSA) is 29.3 Å². The van der Waals surface area contributed by atoms with Gasteiger partial charge in [-0.25, -0.2) is 4.85 Å². The summed E-state index contributed by atoms with van der Waals surface area (Å²) in [5.74, 6) is 0.0928. The van der Waals surface area contributed by atoms with Crippen LogP contribution in [0.25, 0.3) is 4.85 Å². The van der Waals surface area contributed by atoms with E-state index < -0.39 is 28.9 Å². The normalized spacial score (nSPS) is 11.6. The van der Waals surface area contributed by atoms with E-state index in [9.17, 15) is 0 Å². The number of anilines is 2. The number of rotatable bonds is 15. The van der Waals surface area contributed by atoms with Crippen LogP contribution in [0.1, 0.15) is 16.7 Å². The first-order chi connectivity index (χ1) is 22.2. The van der Waals surface area contributed by atoms with Gasteiger partial charge in [0.05, 0.1) is 25.1 Å². The summed E-state index contributed by atoms with van der Waals surface area (Å²) in [6.07, 6.45) is -5.92. The highest BCUT2D eigenvalue weighted by Crippen LogP contribution is 2.58. The summed E-state index contributed by atoms with van der Waals surface area (Å²) in [5, 5.41) is 0. The molecule has 0 fully saturated rings. The monoisotopic (exact) mass is 655 g/mol. The molecule has 0 bridgehead atoms. The molecule has 0 aliphatic heterocycles. The third-order valence-corrected chi connectivity index (χ3v) is 7.47. The largest absolute Gasteiger partial charge is 0.495 e. The van der Waals surface area contributed by atoms with E-state index in [0.29, 0.717) is 5.56 Å². The molecule has 0 atom stereocenters. The van der Waals surface area contributed by atoms with E-state index in [1.807, 2.05) is 0 Å². The highest BCUT2D eigenvalue weighted by atomic mass is 19.4. The molecule has 0 radical (unpaired) electrons. The first-order valence-electron chi connectivity index (χ1n) is 14.3. The third kappa shape index (κ3) is 7.17. The quantitative estimate of drug-likeness (QED) is 0.0926. The smallest absolute Gasteiger partial charge is 0.411 e. The van der Waals surface area contributed by atoms with E-state index >= 15 is 26.3 Å². The summed E-state index contributed by atoms with van der Waals surface area (Å²) in [7, 11) is 1.27. The van der Waals surface area contributed by atoms with Crippen LogP contribution in [0.2, 0.25) is 0 Å². The summed E-state index contributed by atoms with van der Waals surface area (Å²) < 4.78 is 104. The van der Waals surface area contributed by atoms with E-state index in [0.717, 1.165) is 36.4 Å². The van der Waals surface area contributed by atoms with Gasteiger partial charge in [0.1, 0.15) is 17.2 Å². The van der Waals surface area contributed by atoms with Crippen LogP contribution in [0.4, 0.5) is 43.4 Å². The first-order valence-corrected chi connectivity index (χ1v) is 14.3. The van der Waals surface area contributed by atoms with E-state index in [1.54, 1.807) is 19.1 Å². The fourth-order valence-corrected chi connectivity index (χ4v) is 5.38. The molecule has 0 aromatic heterocycles. The van der Waals surface area contributed by atoms with Crippen LogP contribution in [0.5, 0.6) is 17.2 Å². The fourth-order valence-electron chi connectivity index (χ4n) is 5.38. The summed E-state index contributed by atoms with van der Waals surface area (Å²) in [5.41, 5.74) is -6.02. The Balaban J connectivity index is 2.46. The third-order valence-electron chi connectivity index (χ3n) is 7.47. The molecule has 0 saturated heterocycles. The van der Waals surface area contributed by atoms with Crippen molar-refractivity contribution in [2.45, 2.75) is 24.7 Å². The fraction of sp³-hybridized carbons (Fsp3) is 0.250. The molecule has 0 aliphatic carbocycles.